The molecule has 0 aliphatic rings. The molecular weight excluding hydrogens is 368 g/mol. The Hall–Kier alpha value is -0.584. The molecule has 0 atom stereocenters. The van der Waals surface area contributed by atoms with Crippen LogP contribution in [0.1, 0.15) is 60.5 Å². The van der Waals surface area contributed by atoms with E-state index < -0.39 is 5.91 Å². The first-order chi connectivity index (χ1) is 10.6. The van der Waals surface area contributed by atoms with E-state index in [0.717, 1.165) is 17.7 Å². The smallest absolute Gasteiger partial charge is 0.583 e. The van der Waals surface area contributed by atoms with Crippen molar-refractivity contribution >= 4 is 15.5 Å². The van der Waals surface area contributed by atoms with Crippen molar-refractivity contribution in [3.63, 3.8) is 0 Å². The second-order valence-electron chi connectivity index (χ2n) is 7.27. The molecule has 0 unspecified atom stereocenters. The monoisotopic (exact) mass is 396 g/mol. The predicted molar refractivity (Wildman–Crippen MR) is 95.8 cm³/mol. The maximum atomic E-state index is 6.03. The molecule has 138 valence electrons. The van der Waals surface area contributed by atoms with E-state index in [0.29, 0.717) is 0 Å². The number of hydrogen-bond donors (Lipinski definition) is 0. The zero-order valence-electron chi connectivity index (χ0n) is 15.7. The topological polar surface area (TPSA) is 27.7 Å². The first-order valence-electron chi connectivity index (χ1n) is 8.06. The van der Waals surface area contributed by atoms with Crippen LogP contribution < -0.4 is 0 Å². The number of rotatable bonds is 7. The molecule has 2 radical (unpaired) electrons. The van der Waals surface area contributed by atoms with Gasteiger partial charge in [0.2, 0.25) is 0 Å². The van der Waals surface area contributed by atoms with Crippen LogP contribution in [0.2, 0.25) is 0 Å². The fraction of sp³-hybridized carbons (Fsp3) is 0.579. The first kappa shape index (κ1) is 23.4. The van der Waals surface area contributed by atoms with Crippen LogP contribution in [0.25, 0.3) is 5.76 Å². The van der Waals surface area contributed by atoms with Crippen molar-refractivity contribution in [3.8, 4) is 0 Å². The molecule has 0 bridgehead atoms. The Morgan fingerprint density at radius 3 is 2.12 bits per heavy atom. The van der Waals surface area contributed by atoms with Gasteiger partial charge >= 0.3 is 26.8 Å². The summed E-state index contributed by atoms with van der Waals surface area (Å²) in [6, 6.07) is 11.0. The summed E-state index contributed by atoms with van der Waals surface area (Å²) in [4.78, 5) is 0. The summed E-state index contributed by atoms with van der Waals surface area (Å²) in [5.41, 5.74) is 0.367. The third-order valence-corrected chi connectivity index (χ3v) is 3.32. The zero-order valence-corrected chi connectivity index (χ0v) is 17.6. The molecule has 0 spiro atoms. The molecule has 0 saturated carbocycles. The summed E-state index contributed by atoms with van der Waals surface area (Å²) < 4.78 is 18.0. The van der Waals surface area contributed by atoms with Crippen molar-refractivity contribution in [1.29, 1.82) is 0 Å². The third kappa shape index (κ3) is 10.3. The fourth-order valence-electron chi connectivity index (χ4n) is 1.76. The molecular formula is C19H29CuO3Si. The van der Waals surface area contributed by atoms with Gasteiger partial charge in [0.25, 0.3) is 0 Å². The van der Waals surface area contributed by atoms with Gasteiger partial charge in [0.1, 0.15) is 0 Å². The molecule has 1 rings (SSSR count). The summed E-state index contributed by atoms with van der Waals surface area (Å²) >= 11 is 0. The Morgan fingerprint density at radius 1 is 1.12 bits per heavy atom. The quantitative estimate of drug-likeness (QED) is 0.287. The van der Waals surface area contributed by atoms with Crippen LogP contribution in [-0.2, 0) is 31.0 Å². The number of benzene rings is 1. The van der Waals surface area contributed by atoms with Crippen LogP contribution in [0.15, 0.2) is 30.3 Å². The molecule has 3 nitrogen and oxygen atoms in total. The molecule has 5 heteroatoms. The predicted octanol–water partition coefficient (Wildman–Crippen LogP) is 4.78. The van der Waals surface area contributed by atoms with Gasteiger partial charge in [-0.1, -0.05) is 13.0 Å². The van der Waals surface area contributed by atoms with Gasteiger partial charge in [-0.05, 0) is 48.0 Å². The van der Waals surface area contributed by atoms with Gasteiger partial charge in [-0.25, -0.2) is 0 Å². The minimum atomic E-state index is -0.404. The molecule has 0 aliphatic carbocycles. The van der Waals surface area contributed by atoms with Gasteiger partial charge in [0, 0.05) is 5.76 Å². The molecule has 24 heavy (non-hydrogen) atoms. The van der Waals surface area contributed by atoms with Gasteiger partial charge in [0.15, 0.2) is 5.91 Å². The fourth-order valence-corrected chi connectivity index (χ4v) is 2.98. The Balaban J connectivity index is 0.00000529. The summed E-state index contributed by atoms with van der Waals surface area (Å²) in [5, 5.41) is 0. The van der Waals surface area contributed by atoms with Crippen LogP contribution >= 0.6 is 0 Å². The Kier molecular flexibility index (Phi) is 10.2. The second-order valence-corrected chi connectivity index (χ2v) is 8.18. The minimum absolute atomic E-state index is 0. The van der Waals surface area contributed by atoms with Crippen molar-refractivity contribution in [2.75, 3.05) is 0 Å². The largest absolute Gasteiger partial charge is 1.00 e. The molecule has 0 aliphatic heterocycles. The molecule has 0 N–H and O–H groups in total. The number of hydrogen-bond acceptors (Lipinski definition) is 3. The molecule has 0 amide bonds. The van der Waals surface area contributed by atoms with E-state index in [9.17, 15) is 0 Å². The molecule has 0 fully saturated rings. The van der Waals surface area contributed by atoms with Gasteiger partial charge in [-0.2, -0.15) is 0 Å². The Labute approximate surface area is 160 Å². The Morgan fingerprint density at radius 2 is 1.71 bits per heavy atom. The van der Waals surface area contributed by atoms with E-state index in [1.807, 2.05) is 65.8 Å². The molecule has 0 aromatic heterocycles. The van der Waals surface area contributed by atoms with Crippen molar-refractivity contribution in [2.24, 2.45) is 0 Å². The number of ether oxygens (including phenoxy) is 2. The summed E-state index contributed by atoms with van der Waals surface area (Å²) in [7, 11) is 0.0534. The van der Waals surface area contributed by atoms with E-state index in [4.69, 9.17) is 13.9 Å². The maximum absolute atomic E-state index is 6.03. The normalized spacial score (nSPS) is 12.9. The standard InChI is InChI=1S/C19H29O3Si.Cu/c1-8-12-16(15-13-10-9-11-14-15)22-23-17(20-18(2,3)4)21-19(5,6)7;/h9-13,17H,8H2,1-7H3;/q-1;+1/b16-12-;. The van der Waals surface area contributed by atoms with Gasteiger partial charge in [0.05, 0.1) is 11.2 Å². The van der Waals surface area contributed by atoms with E-state index in [2.05, 4.69) is 19.1 Å². The average molecular weight is 397 g/mol. The zero-order chi connectivity index (χ0) is 17.5. The van der Waals surface area contributed by atoms with Gasteiger partial charge < -0.3 is 13.9 Å². The molecule has 1 aromatic rings. The van der Waals surface area contributed by atoms with Crippen LogP contribution in [0.3, 0.4) is 0 Å². The van der Waals surface area contributed by atoms with E-state index in [-0.39, 0.29) is 38.0 Å². The second kappa shape index (κ2) is 10.4. The summed E-state index contributed by atoms with van der Waals surface area (Å²) in [6.07, 6.45) is 2.96. The third-order valence-electron chi connectivity index (χ3n) is 2.55. The van der Waals surface area contributed by atoms with Crippen molar-refractivity contribution in [1.82, 2.24) is 0 Å². The van der Waals surface area contributed by atoms with E-state index in [1.165, 1.54) is 0 Å². The van der Waals surface area contributed by atoms with E-state index >= 15 is 0 Å². The van der Waals surface area contributed by atoms with Crippen molar-refractivity contribution in [3.05, 3.63) is 42.0 Å². The van der Waals surface area contributed by atoms with Crippen LogP contribution in [0.4, 0.5) is 0 Å². The van der Waals surface area contributed by atoms with Crippen molar-refractivity contribution in [2.45, 2.75) is 72.0 Å². The first-order valence-corrected chi connectivity index (χ1v) is 9.04. The summed E-state index contributed by atoms with van der Waals surface area (Å²) in [6.45, 7) is 14.2. The summed E-state index contributed by atoms with van der Waals surface area (Å²) in [5.74, 6) is 0.422. The van der Waals surface area contributed by atoms with Crippen LogP contribution in [0, 0.1) is 6.07 Å². The molecule has 0 saturated heterocycles. The molecule has 1 aromatic carbocycles. The molecule has 0 heterocycles. The van der Waals surface area contributed by atoms with E-state index in [1.54, 1.807) is 0 Å². The van der Waals surface area contributed by atoms with Gasteiger partial charge in [-0.3, -0.25) is 0 Å². The number of allylic oxidation sites excluding steroid dienone is 1. The Bertz CT molecular complexity index is 474. The van der Waals surface area contributed by atoms with Crippen LogP contribution in [0.5, 0.6) is 0 Å². The SMILES string of the molecule is CC/C=C(\O[Si]C(OC(C)(C)C)OC(C)(C)C)c1[c-]cccc1.[Cu+]. The van der Waals surface area contributed by atoms with Crippen molar-refractivity contribution < 1.29 is 31.0 Å². The maximum Gasteiger partial charge on any atom is 1.00 e. The van der Waals surface area contributed by atoms with Crippen LogP contribution in [-0.4, -0.2) is 26.9 Å². The van der Waals surface area contributed by atoms with Gasteiger partial charge in [-0.15, -0.1) is 35.9 Å². The minimum Gasteiger partial charge on any atom is -0.583 e. The average Bonchev–Trinajstić information content (AvgIpc) is 2.40.